The number of anilines is 2. The number of rotatable bonds is 26. The van der Waals surface area contributed by atoms with E-state index in [2.05, 4.69) is 80.8 Å². The average molecular weight is 1580 g/mol. The summed E-state index contributed by atoms with van der Waals surface area (Å²) in [5.41, 5.74) is 11.3. The molecule has 6 aliphatic heterocycles. The Morgan fingerprint density at radius 3 is 1.32 bits per heavy atom. The smallest absolute Gasteiger partial charge is 0.306 e. The summed E-state index contributed by atoms with van der Waals surface area (Å²) in [4.78, 5) is 139. The summed E-state index contributed by atoms with van der Waals surface area (Å²) in [7, 11) is 0. The lowest BCUT2D eigenvalue weighted by Crippen LogP contribution is -2.52. The summed E-state index contributed by atoms with van der Waals surface area (Å²) in [5.74, 6) is -0.298. The number of nitrogens with one attached hydrogen (secondary N) is 4. The lowest BCUT2D eigenvalue weighted by molar-refractivity contribution is -0.138. The van der Waals surface area contributed by atoms with Crippen LogP contribution in [-0.2, 0) is 51.4 Å². The third kappa shape index (κ3) is 18.2. The van der Waals surface area contributed by atoms with Crippen LogP contribution in [-0.4, -0.2) is 127 Å². The fourth-order valence-electron chi connectivity index (χ4n) is 15.0. The fourth-order valence-corrected chi connectivity index (χ4v) is 17.6. The number of aliphatic carboxylic acids is 1. The van der Waals surface area contributed by atoms with Gasteiger partial charge in [-0.3, -0.25) is 77.7 Å². The Balaban J connectivity index is 0.000000171. The molecule has 0 saturated carbocycles. The number of fused-ring (bicyclic) bond motifs is 8. The number of hydrogen-bond donors (Lipinski definition) is 5. The number of nitrogens with zero attached hydrogens (tertiary/aromatic N) is 10. The second-order valence-electron chi connectivity index (χ2n) is 28.8. The number of halogens is 2. The fraction of sp³-hybridized carbons (Fsp3) is 0.415. The van der Waals surface area contributed by atoms with Gasteiger partial charge in [-0.25, -0.2) is 0 Å². The van der Waals surface area contributed by atoms with Gasteiger partial charge >= 0.3 is 5.97 Å². The van der Waals surface area contributed by atoms with Crippen LogP contribution in [0.5, 0.6) is 0 Å². The van der Waals surface area contributed by atoms with E-state index in [1.165, 1.54) is 38.8 Å². The number of piperidine rings is 2. The summed E-state index contributed by atoms with van der Waals surface area (Å²) < 4.78 is 4.01. The molecule has 29 heteroatoms. The lowest BCUT2D eigenvalue weighted by atomic mass is 9.99. The highest BCUT2D eigenvalue weighted by Gasteiger charge is 2.43. The Morgan fingerprint density at radius 2 is 0.910 bits per heavy atom. The number of amides is 8. The number of ketones is 1. The number of carbonyl (C=O) groups excluding carboxylic acids is 9. The monoisotopic (exact) mass is 1580 g/mol. The maximum Gasteiger partial charge on any atom is 0.306 e. The number of imide groups is 2. The normalized spacial score (nSPS) is 17.4. The zero-order chi connectivity index (χ0) is 78.9. The average Bonchev–Trinajstić information content (AvgIpc) is 1.60. The van der Waals surface area contributed by atoms with E-state index in [4.69, 9.17) is 33.2 Å². The standard InChI is InChI=1S/C41H44ClN7O5S.C22H29N3O4.C19H17ClN4O2S/c1-23-24(2)55-41-36(23)37(26-15-17-27(42)18-16-26)44-32(38-47-46-25(3)49(38)41)21-28(50)11-8-6-4-5-7-9-14-34(51)43-31-13-10-12-29-30(31)22-48(40(29)54)33-19-20-35(52)45-39(33)53;1-2-3-4-5-6-7-11-19(26)23-17-10-8-9-15-16(17)14-25(22(15)29)18-12-13-20(27)24-21(18)28;1-9-10(2)27-19-16(9)17(12-4-6-13(20)7-5-12)21-14(8-15(25)26)18-23-22-11(3)24(18)19/h10,12-13,15-18,32-33H,4-9,11,14,19-22H2,1-3H3,(H,43,51)(H,45,52,53);8-10,18H,2-7,11-14H2,1H3,(H,23,26)(H,24,27,28);4-7,14H,8H2,1-3H3,(H,25,26)/t32-,33?;;14-/m0.0/s1. The zero-order valence-electron chi connectivity index (χ0n) is 63.2. The molecule has 5 N–H and O–H groups in total. The predicted octanol–water partition coefficient (Wildman–Crippen LogP) is 14.7. The van der Waals surface area contributed by atoms with Crippen LogP contribution in [0.1, 0.15) is 252 Å². The van der Waals surface area contributed by atoms with Gasteiger partial charge in [0.25, 0.3) is 11.8 Å². The van der Waals surface area contributed by atoms with Gasteiger partial charge in [0, 0.05) is 127 Å². The number of hydrogen-bond acceptors (Lipinski definition) is 18. The third-order valence-electron chi connectivity index (χ3n) is 21.1. The highest BCUT2D eigenvalue weighted by atomic mass is 35.5. The van der Waals surface area contributed by atoms with Gasteiger partial charge < -0.3 is 25.5 Å². The third-order valence-corrected chi connectivity index (χ3v) is 24.0. The molecule has 25 nitrogen and oxygen atoms in total. The molecule has 580 valence electrons. The van der Waals surface area contributed by atoms with Crippen LogP contribution in [0.4, 0.5) is 11.4 Å². The number of carbonyl (C=O) groups is 10. The van der Waals surface area contributed by atoms with Gasteiger partial charge in [0.05, 0.1) is 17.8 Å². The Hall–Kier alpha value is -10.2. The first kappa shape index (κ1) is 80.3. The van der Waals surface area contributed by atoms with Crippen LogP contribution in [0, 0.1) is 41.5 Å². The molecule has 0 bridgehead atoms. The van der Waals surface area contributed by atoms with Crippen molar-refractivity contribution in [3.05, 3.63) is 184 Å². The van der Waals surface area contributed by atoms with E-state index < -0.39 is 42.0 Å². The quantitative estimate of drug-likeness (QED) is 0.0248. The Bertz CT molecular complexity index is 5020. The number of carboxylic acids is 1. The van der Waals surface area contributed by atoms with Crippen molar-refractivity contribution in [2.45, 2.75) is 221 Å². The SMILES string of the molecule is CCCCCCCCC(=O)Nc1cccc2c1CN(C1CCC(=O)NC1=O)C2=O.Cc1sc2c(c1C)C(c1ccc(Cl)cc1)=N[C@@H](CC(=O)CCCCCCCCC(=O)Nc1cccc3c1CN(C1CCC(=O)NC1=O)C3=O)c1nnc(C)n1-2.Cc1sc2c(c1C)C(c1ccc(Cl)cc1)=N[C@@H](CC(=O)O)c1nnc(C)n1-2. The Morgan fingerprint density at radius 1 is 0.514 bits per heavy atom. The minimum absolute atomic E-state index is 0.0548. The van der Waals surface area contributed by atoms with Gasteiger partial charge in [0.1, 0.15) is 51.6 Å². The molecular formula is C82H90Cl2N14O11S2. The molecule has 0 aliphatic carbocycles. The number of carboxylic acid groups (broad SMARTS) is 1. The molecule has 4 aromatic carbocycles. The molecule has 8 amide bonds. The van der Waals surface area contributed by atoms with Crippen molar-refractivity contribution in [2.24, 2.45) is 9.98 Å². The number of aliphatic imine (C=N–C) groups is 2. The number of thiophene rings is 2. The van der Waals surface area contributed by atoms with Crippen molar-refractivity contribution in [1.82, 2.24) is 50.0 Å². The molecule has 4 aromatic heterocycles. The van der Waals surface area contributed by atoms with Gasteiger partial charge in [-0.15, -0.1) is 43.1 Å². The van der Waals surface area contributed by atoms with Crippen LogP contribution in [0.15, 0.2) is 94.9 Å². The van der Waals surface area contributed by atoms with E-state index in [0.717, 1.165) is 130 Å². The first-order chi connectivity index (χ1) is 53.4. The molecule has 0 radical (unpaired) electrons. The number of Topliss-reactive ketones (excluding diaryl/α,β-unsaturated/α-hetero) is 1. The predicted molar refractivity (Wildman–Crippen MR) is 426 cm³/mol. The molecule has 14 rings (SSSR count). The van der Waals surface area contributed by atoms with E-state index in [1.54, 1.807) is 59.1 Å². The van der Waals surface area contributed by atoms with Gasteiger partial charge in [-0.2, -0.15) is 0 Å². The van der Waals surface area contributed by atoms with Crippen molar-refractivity contribution in [2.75, 3.05) is 10.6 Å². The summed E-state index contributed by atoms with van der Waals surface area (Å²) in [5, 5.41) is 40.6. The van der Waals surface area contributed by atoms with E-state index in [0.29, 0.717) is 75.4 Å². The maximum atomic E-state index is 13.4. The van der Waals surface area contributed by atoms with E-state index in [9.17, 15) is 53.1 Å². The van der Waals surface area contributed by atoms with Crippen molar-refractivity contribution in [3.63, 3.8) is 0 Å². The number of benzene rings is 4. The lowest BCUT2D eigenvalue weighted by Gasteiger charge is -2.29. The van der Waals surface area contributed by atoms with Crippen molar-refractivity contribution in [3.8, 4) is 10.0 Å². The maximum absolute atomic E-state index is 13.4. The van der Waals surface area contributed by atoms with E-state index >= 15 is 0 Å². The molecule has 111 heavy (non-hydrogen) atoms. The summed E-state index contributed by atoms with van der Waals surface area (Å²) in [6.45, 7) is 14.8. The molecule has 0 spiro atoms. The van der Waals surface area contributed by atoms with Crippen LogP contribution in [0.3, 0.4) is 0 Å². The molecular weight excluding hydrogens is 1490 g/mol. The number of aromatic nitrogens is 6. The Labute approximate surface area is 661 Å². The van der Waals surface area contributed by atoms with Gasteiger partial charge in [-0.05, 0) is 133 Å². The van der Waals surface area contributed by atoms with Crippen LogP contribution in [0.2, 0.25) is 10.0 Å². The molecule has 2 fully saturated rings. The van der Waals surface area contributed by atoms with Crippen molar-refractivity contribution < 1.29 is 53.1 Å². The highest BCUT2D eigenvalue weighted by molar-refractivity contribution is 7.15. The number of aryl methyl sites for hydroxylation is 4. The van der Waals surface area contributed by atoms with Crippen molar-refractivity contribution in [1.29, 1.82) is 0 Å². The second-order valence-corrected chi connectivity index (χ2v) is 32.1. The molecule has 4 atom stereocenters. The second kappa shape index (κ2) is 35.9. The van der Waals surface area contributed by atoms with Crippen LogP contribution < -0.4 is 21.3 Å². The number of unbranched alkanes of at least 4 members (excludes halogenated alkanes) is 10. The van der Waals surface area contributed by atoms with Gasteiger partial charge in [-0.1, -0.05) is 124 Å². The minimum Gasteiger partial charge on any atom is -0.481 e. The summed E-state index contributed by atoms with van der Waals surface area (Å²) in [6, 6.07) is 23.1. The molecule has 6 aliphatic rings. The van der Waals surface area contributed by atoms with Crippen LogP contribution >= 0.6 is 45.9 Å². The Kier molecular flexibility index (Phi) is 25.9. The van der Waals surface area contributed by atoms with E-state index in [1.807, 2.05) is 66.9 Å². The van der Waals surface area contributed by atoms with Gasteiger partial charge in [0.2, 0.25) is 35.4 Å². The first-order valence-electron chi connectivity index (χ1n) is 38.0. The first-order valence-corrected chi connectivity index (χ1v) is 40.4. The van der Waals surface area contributed by atoms with Crippen molar-refractivity contribution >= 4 is 128 Å². The van der Waals surface area contributed by atoms with E-state index in [-0.39, 0.29) is 86.4 Å². The molecule has 8 aromatic rings. The largest absolute Gasteiger partial charge is 0.481 e. The zero-order valence-corrected chi connectivity index (χ0v) is 66.4. The topological polar surface area (TPSA) is 332 Å². The molecule has 2 saturated heterocycles. The minimum atomic E-state index is -0.926. The molecule has 2 unspecified atom stereocenters. The summed E-state index contributed by atoms with van der Waals surface area (Å²) >= 11 is 15.6. The van der Waals surface area contributed by atoms with Gasteiger partial charge in [0.15, 0.2) is 11.6 Å². The molecule has 10 heterocycles. The summed E-state index contributed by atoms with van der Waals surface area (Å²) in [6.07, 6.45) is 14.3. The van der Waals surface area contributed by atoms with Crippen LogP contribution in [0.25, 0.3) is 10.0 Å². The highest BCUT2D eigenvalue weighted by Crippen LogP contribution is 2.43.